The van der Waals surface area contributed by atoms with E-state index in [1.807, 2.05) is 13.0 Å². The zero-order valence-corrected chi connectivity index (χ0v) is 15.2. The van der Waals surface area contributed by atoms with E-state index in [0.717, 1.165) is 16.3 Å². The van der Waals surface area contributed by atoms with Crippen molar-refractivity contribution >= 4 is 17.8 Å². The van der Waals surface area contributed by atoms with Crippen LogP contribution < -0.4 is 15.5 Å². The molecule has 4 amide bonds. The van der Waals surface area contributed by atoms with Gasteiger partial charge in [0, 0.05) is 0 Å². The first-order valence-corrected chi connectivity index (χ1v) is 8.67. The third kappa shape index (κ3) is 3.76. The molecule has 0 aromatic heterocycles. The Kier molecular flexibility index (Phi) is 5.12. The van der Waals surface area contributed by atoms with Crippen molar-refractivity contribution in [1.82, 2.24) is 15.8 Å². The maximum Gasteiger partial charge on any atom is 0.344 e. The van der Waals surface area contributed by atoms with Crippen molar-refractivity contribution < 1.29 is 19.1 Å². The van der Waals surface area contributed by atoms with Gasteiger partial charge in [0.2, 0.25) is 5.91 Å². The van der Waals surface area contributed by atoms with Crippen LogP contribution in [0.25, 0.3) is 0 Å². The molecular formula is C20H21N3O4. The standard InChI is InChI=1S/C20H21N3O4/c1-3-27-16-11-9-14(10-12-16)13-17(24)22-23-18(25)20(2,21-19(23)26)15-7-5-4-6-8-15/h4-12H,3,13H2,1-2H3,(H,21,26)(H,22,24)/t20-/m1/s1. The number of hydrogen-bond donors (Lipinski definition) is 2. The molecule has 2 N–H and O–H groups in total. The lowest BCUT2D eigenvalue weighted by Crippen LogP contribution is -2.48. The molecule has 0 unspecified atom stereocenters. The summed E-state index contributed by atoms with van der Waals surface area (Å²) in [6.45, 7) is 4.07. The number of carbonyl (C=O) groups excluding carboxylic acids is 3. The minimum absolute atomic E-state index is 0.0333. The number of rotatable bonds is 6. The van der Waals surface area contributed by atoms with Gasteiger partial charge in [0.15, 0.2) is 0 Å². The molecule has 27 heavy (non-hydrogen) atoms. The summed E-state index contributed by atoms with van der Waals surface area (Å²) in [5.41, 5.74) is 2.56. The highest BCUT2D eigenvalue weighted by Gasteiger charge is 2.49. The molecule has 2 aromatic rings. The van der Waals surface area contributed by atoms with Crippen LogP contribution in [0.2, 0.25) is 0 Å². The van der Waals surface area contributed by atoms with Crippen molar-refractivity contribution in [2.75, 3.05) is 6.61 Å². The summed E-state index contributed by atoms with van der Waals surface area (Å²) in [5, 5.41) is 3.38. The Bertz CT molecular complexity index is 851. The lowest BCUT2D eigenvalue weighted by Gasteiger charge is -2.22. The maximum absolute atomic E-state index is 12.8. The molecule has 0 spiro atoms. The van der Waals surface area contributed by atoms with E-state index in [2.05, 4.69) is 10.7 Å². The van der Waals surface area contributed by atoms with E-state index in [4.69, 9.17) is 4.74 Å². The third-order valence-corrected chi connectivity index (χ3v) is 4.38. The van der Waals surface area contributed by atoms with Crippen LogP contribution in [0, 0.1) is 0 Å². The van der Waals surface area contributed by atoms with Crippen LogP contribution in [-0.4, -0.2) is 29.5 Å². The second kappa shape index (κ2) is 7.49. The number of amides is 4. The van der Waals surface area contributed by atoms with Crippen LogP contribution in [0.5, 0.6) is 5.75 Å². The van der Waals surface area contributed by atoms with Crippen molar-refractivity contribution in [3.63, 3.8) is 0 Å². The molecule has 1 aliphatic heterocycles. The Labute approximate surface area is 157 Å². The van der Waals surface area contributed by atoms with Crippen LogP contribution in [0.1, 0.15) is 25.0 Å². The van der Waals surface area contributed by atoms with Crippen molar-refractivity contribution in [2.24, 2.45) is 0 Å². The Balaban J connectivity index is 1.67. The molecule has 1 fully saturated rings. The fourth-order valence-electron chi connectivity index (χ4n) is 2.93. The molecule has 0 saturated carbocycles. The lowest BCUT2D eigenvalue weighted by molar-refractivity contribution is -0.138. The summed E-state index contributed by atoms with van der Waals surface area (Å²) in [6.07, 6.45) is 0.0333. The van der Waals surface area contributed by atoms with E-state index in [1.165, 1.54) is 0 Å². The van der Waals surface area contributed by atoms with Crippen LogP contribution in [0.15, 0.2) is 54.6 Å². The van der Waals surface area contributed by atoms with Crippen LogP contribution >= 0.6 is 0 Å². The van der Waals surface area contributed by atoms with Gasteiger partial charge >= 0.3 is 6.03 Å². The monoisotopic (exact) mass is 367 g/mol. The van der Waals surface area contributed by atoms with Crippen molar-refractivity contribution in [3.8, 4) is 5.75 Å². The van der Waals surface area contributed by atoms with Gasteiger partial charge in [-0.1, -0.05) is 42.5 Å². The van der Waals surface area contributed by atoms with Crippen LogP contribution in [-0.2, 0) is 21.5 Å². The van der Waals surface area contributed by atoms with Crippen molar-refractivity contribution in [3.05, 3.63) is 65.7 Å². The zero-order chi connectivity index (χ0) is 19.4. The van der Waals surface area contributed by atoms with Crippen LogP contribution in [0.4, 0.5) is 4.79 Å². The van der Waals surface area contributed by atoms with Gasteiger partial charge in [-0.15, -0.1) is 0 Å². The van der Waals surface area contributed by atoms with Gasteiger partial charge in [-0.05, 0) is 37.1 Å². The predicted octanol–water partition coefficient (Wildman–Crippen LogP) is 2.13. The van der Waals surface area contributed by atoms with Gasteiger partial charge in [-0.25, -0.2) is 4.79 Å². The Morgan fingerprint density at radius 1 is 1.11 bits per heavy atom. The van der Waals surface area contributed by atoms with E-state index in [1.54, 1.807) is 55.5 Å². The number of hydrazine groups is 1. The van der Waals surface area contributed by atoms with E-state index in [0.29, 0.717) is 12.2 Å². The van der Waals surface area contributed by atoms with E-state index in [-0.39, 0.29) is 6.42 Å². The second-order valence-electron chi connectivity index (χ2n) is 6.35. The minimum atomic E-state index is -1.22. The molecule has 0 aliphatic carbocycles. The van der Waals surface area contributed by atoms with Gasteiger partial charge in [-0.2, -0.15) is 5.01 Å². The highest BCUT2D eigenvalue weighted by Crippen LogP contribution is 2.27. The summed E-state index contributed by atoms with van der Waals surface area (Å²) in [4.78, 5) is 37.3. The summed E-state index contributed by atoms with van der Waals surface area (Å²) < 4.78 is 5.36. The number of imide groups is 1. The number of ether oxygens (including phenoxy) is 1. The quantitative estimate of drug-likeness (QED) is 0.766. The first-order valence-electron chi connectivity index (χ1n) is 8.67. The van der Waals surface area contributed by atoms with Crippen molar-refractivity contribution in [2.45, 2.75) is 25.8 Å². The topological polar surface area (TPSA) is 87.7 Å². The summed E-state index contributed by atoms with van der Waals surface area (Å²) in [7, 11) is 0. The fraction of sp³-hybridized carbons (Fsp3) is 0.250. The Morgan fingerprint density at radius 2 is 1.78 bits per heavy atom. The molecule has 7 heteroatoms. The molecule has 7 nitrogen and oxygen atoms in total. The van der Waals surface area contributed by atoms with Crippen LogP contribution in [0.3, 0.4) is 0 Å². The lowest BCUT2D eigenvalue weighted by atomic mass is 9.92. The Hall–Kier alpha value is -3.35. The average molecular weight is 367 g/mol. The predicted molar refractivity (Wildman–Crippen MR) is 98.6 cm³/mol. The molecule has 1 atom stereocenters. The van der Waals surface area contributed by atoms with Gasteiger partial charge in [0.1, 0.15) is 11.3 Å². The van der Waals surface area contributed by atoms with E-state index >= 15 is 0 Å². The molecule has 0 bridgehead atoms. The molecule has 1 aliphatic rings. The van der Waals surface area contributed by atoms with Gasteiger partial charge in [-0.3, -0.25) is 15.0 Å². The molecule has 140 valence electrons. The smallest absolute Gasteiger partial charge is 0.344 e. The first-order chi connectivity index (χ1) is 12.9. The number of urea groups is 1. The number of nitrogens with one attached hydrogen (secondary N) is 2. The first kappa shape index (κ1) is 18.4. The second-order valence-corrected chi connectivity index (χ2v) is 6.35. The SMILES string of the molecule is CCOc1ccc(CC(=O)NN2C(=O)N[C@](C)(c3ccccc3)C2=O)cc1. The van der Waals surface area contributed by atoms with Crippen molar-refractivity contribution in [1.29, 1.82) is 0 Å². The van der Waals surface area contributed by atoms with E-state index in [9.17, 15) is 14.4 Å². The number of carbonyl (C=O) groups is 3. The summed E-state index contributed by atoms with van der Waals surface area (Å²) >= 11 is 0. The molecular weight excluding hydrogens is 346 g/mol. The zero-order valence-electron chi connectivity index (χ0n) is 15.2. The van der Waals surface area contributed by atoms with Gasteiger partial charge < -0.3 is 10.1 Å². The normalized spacial score (nSPS) is 19.0. The fourth-order valence-corrected chi connectivity index (χ4v) is 2.93. The molecule has 0 radical (unpaired) electrons. The molecule has 3 rings (SSSR count). The number of benzene rings is 2. The molecule has 1 heterocycles. The number of hydrogen-bond acceptors (Lipinski definition) is 4. The van der Waals surface area contributed by atoms with Gasteiger partial charge in [0.25, 0.3) is 5.91 Å². The summed E-state index contributed by atoms with van der Waals surface area (Å²) in [5.74, 6) is -0.270. The molecule has 1 saturated heterocycles. The highest BCUT2D eigenvalue weighted by molar-refractivity contribution is 6.08. The highest BCUT2D eigenvalue weighted by atomic mass is 16.5. The largest absolute Gasteiger partial charge is 0.494 e. The third-order valence-electron chi connectivity index (χ3n) is 4.38. The van der Waals surface area contributed by atoms with E-state index < -0.39 is 23.4 Å². The average Bonchev–Trinajstić information content (AvgIpc) is 2.88. The molecule has 2 aromatic carbocycles. The Morgan fingerprint density at radius 3 is 2.41 bits per heavy atom. The minimum Gasteiger partial charge on any atom is -0.494 e. The summed E-state index contributed by atoms with van der Waals surface area (Å²) in [6, 6.07) is 15.3. The maximum atomic E-state index is 12.8. The van der Waals surface area contributed by atoms with Gasteiger partial charge in [0.05, 0.1) is 13.0 Å². The number of nitrogens with zero attached hydrogens (tertiary/aromatic N) is 1.